The first-order valence-electron chi connectivity index (χ1n) is 5.66. The van der Waals surface area contributed by atoms with E-state index in [2.05, 4.69) is 22.6 Å². The number of carbonyl (C=O) groups excluding carboxylic acids is 1. The summed E-state index contributed by atoms with van der Waals surface area (Å²) in [5.41, 5.74) is 3.18. The minimum atomic E-state index is -0.105. The molecule has 0 aliphatic carbocycles. The molecule has 0 aromatic heterocycles. The highest BCUT2D eigenvalue weighted by Crippen LogP contribution is 2.26. The number of hydrogen-bond donors (Lipinski definition) is 0. The number of hydrogen-bond acceptors (Lipinski definition) is 1. The third-order valence-electron chi connectivity index (χ3n) is 3.01. The fourth-order valence-electron chi connectivity index (χ4n) is 1.75. The van der Waals surface area contributed by atoms with Gasteiger partial charge in [0.15, 0.2) is 5.78 Å². The largest absolute Gasteiger partial charge is 0.289 e. The van der Waals surface area contributed by atoms with Gasteiger partial charge in [-0.3, -0.25) is 4.79 Å². The average molecular weight is 405 g/mol. The predicted octanol–water partition coefficient (Wildman–Crippen LogP) is 5.45. The van der Waals surface area contributed by atoms with Crippen LogP contribution in [-0.2, 0) is 0 Å². The molecule has 0 aliphatic rings. The molecule has 0 radical (unpaired) electrons. The van der Waals surface area contributed by atoms with Crippen LogP contribution >= 0.6 is 45.8 Å². The van der Waals surface area contributed by atoms with Gasteiger partial charge in [0.25, 0.3) is 0 Å². The third kappa shape index (κ3) is 3.12. The number of ketones is 1. The van der Waals surface area contributed by atoms with Crippen LogP contribution in [0.1, 0.15) is 27.0 Å². The zero-order valence-corrected chi connectivity index (χ0v) is 14.1. The zero-order valence-electron chi connectivity index (χ0n) is 10.4. The lowest BCUT2D eigenvalue weighted by molar-refractivity contribution is 0.103. The summed E-state index contributed by atoms with van der Waals surface area (Å²) in [4.78, 5) is 12.4. The highest BCUT2D eigenvalue weighted by atomic mass is 127. The van der Waals surface area contributed by atoms with Gasteiger partial charge in [0.1, 0.15) is 0 Å². The van der Waals surface area contributed by atoms with E-state index in [1.807, 2.05) is 32.0 Å². The smallest absolute Gasteiger partial charge is 0.194 e. The maximum atomic E-state index is 12.4. The molecule has 2 rings (SSSR count). The van der Waals surface area contributed by atoms with E-state index < -0.39 is 0 Å². The molecule has 0 saturated heterocycles. The first-order valence-corrected chi connectivity index (χ1v) is 7.50. The summed E-state index contributed by atoms with van der Waals surface area (Å²) in [5.74, 6) is -0.105. The molecule has 19 heavy (non-hydrogen) atoms. The summed E-state index contributed by atoms with van der Waals surface area (Å²) in [7, 11) is 0. The lowest BCUT2D eigenvalue weighted by Crippen LogP contribution is -2.03. The van der Waals surface area contributed by atoms with Crippen LogP contribution in [0.2, 0.25) is 10.0 Å². The van der Waals surface area contributed by atoms with Gasteiger partial charge < -0.3 is 0 Å². The Hall–Kier alpha value is -0.580. The van der Waals surface area contributed by atoms with E-state index in [9.17, 15) is 4.79 Å². The molecule has 0 saturated carbocycles. The van der Waals surface area contributed by atoms with Crippen molar-refractivity contribution >= 4 is 51.6 Å². The van der Waals surface area contributed by atoms with Crippen molar-refractivity contribution in [2.24, 2.45) is 0 Å². The second-order valence-corrected chi connectivity index (χ2v) is 6.35. The summed E-state index contributed by atoms with van der Waals surface area (Å²) < 4.78 is 0.919. The van der Waals surface area contributed by atoms with Gasteiger partial charge in [-0.2, -0.15) is 0 Å². The number of halogens is 3. The summed E-state index contributed by atoms with van der Waals surface area (Å²) in [6, 6.07) is 8.91. The Morgan fingerprint density at radius 1 is 1.00 bits per heavy atom. The molecule has 0 N–H and O–H groups in total. The van der Waals surface area contributed by atoms with E-state index >= 15 is 0 Å². The van der Waals surface area contributed by atoms with Gasteiger partial charge in [-0.05, 0) is 77.9 Å². The predicted molar refractivity (Wildman–Crippen MR) is 88.5 cm³/mol. The Morgan fingerprint density at radius 2 is 1.63 bits per heavy atom. The van der Waals surface area contributed by atoms with Crippen LogP contribution in [0.4, 0.5) is 0 Å². The second-order valence-electron chi connectivity index (χ2n) is 4.37. The molecule has 1 nitrogen and oxygen atoms in total. The molecule has 0 aliphatic heterocycles. The second kappa shape index (κ2) is 5.81. The Bertz CT molecular complexity index is 665. The molecule has 0 unspecified atom stereocenters. The van der Waals surface area contributed by atoms with Crippen molar-refractivity contribution in [2.75, 3.05) is 0 Å². The fourth-order valence-corrected chi connectivity index (χ4v) is 2.57. The normalized spacial score (nSPS) is 10.6. The van der Waals surface area contributed by atoms with Crippen molar-refractivity contribution < 1.29 is 4.79 Å². The molecule has 2 aromatic carbocycles. The van der Waals surface area contributed by atoms with Crippen LogP contribution < -0.4 is 0 Å². The number of carbonyl (C=O) groups is 1. The molecule has 0 heterocycles. The Balaban J connectivity index is 2.49. The molecular formula is C15H11Cl2IO. The van der Waals surface area contributed by atoms with Crippen molar-refractivity contribution in [2.45, 2.75) is 13.8 Å². The van der Waals surface area contributed by atoms with Crippen molar-refractivity contribution in [1.82, 2.24) is 0 Å². The lowest BCUT2D eigenvalue weighted by atomic mass is 9.99. The molecule has 4 heteroatoms. The van der Waals surface area contributed by atoms with Gasteiger partial charge in [0, 0.05) is 14.7 Å². The minimum Gasteiger partial charge on any atom is -0.289 e. The molecule has 0 bridgehead atoms. The van der Waals surface area contributed by atoms with Crippen molar-refractivity contribution in [3.63, 3.8) is 0 Å². The highest BCUT2D eigenvalue weighted by molar-refractivity contribution is 14.1. The van der Waals surface area contributed by atoms with E-state index in [0.717, 1.165) is 14.7 Å². The van der Waals surface area contributed by atoms with E-state index in [1.165, 1.54) is 0 Å². The van der Waals surface area contributed by atoms with E-state index in [4.69, 9.17) is 23.2 Å². The quantitative estimate of drug-likeness (QED) is 0.480. The molecule has 0 fully saturated rings. The molecule has 98 valence electrons. The average Bonchev–Trinajstić information content (AvgIpc) is 2.36. The summed E-state index contributed by atoms with van der Waals surface area (Å²) in [6.45, 7) is 3.93. The SMILES string of the molecule is Cc1cc(Cl)c(C(=O)c2ccc(I)c(Cl)c2)cc1C. The van der Waals surface area contributed by atoms with Crippen molar-refractivity contribution in [3.05, 3.63) is 66.2 Å². The minimum absolute atomic E-state index is 0.105. The highest BCUT2D eigenvalue weighted by Gasteiger charge is 2.15. The van der Waals surface area contributed by atoms with Gasteiger partial charge in [-0.25, -0.2) is 0 Å². The van der Waals surface area contributed by atoms with E-state index in [0.29, 0.717) is 21.2 Å². The van der Waals surface area contributed by atoms with Crippen LogP contribution in [0.15, 0.2) is 30.3 Å². The number of rotatable bonds is 2. The number of aryl methyl sites for hydroxylation is 2. The first-order chi connectivity index (χ1) is 8.90. The lowest BCUT2D eigenvalue weighted by Gasteiger charge is -2.08. The molecular weight excluding hydrogens is 394 g/mol. The first kappa shape index (κ1) is 14.8. The Morgan fingerprint density at radius 3 is 2.26 bits per heavy atom. The standard InChI is InChI=1S/C15H11Cl2IO/c1-8-5-11(12(16)6-9(8)2)15(19)10-3-4-14(18)13(17)7-10/h3-7H,1-2H3. The summed E-state index contributed by atoms with van der Waals surface area (Å²) >= 11 is 14.3. The Labute approximate surface area is 136 Å². The monoisotopic (exact) mass is 404 g/mol. The van der Waals surface area contributed by atoms with Crippen molar-refractivity contribution in [1.29, 1.82) is 0 Å². The summed E-state index contributed by atoms with van der Waals surface area (Å²) in [5, 5.41) is 1.05. The van der Waals surface area contributed by atoms with Crippen LogP contribution in [0.5, 0.6) is 0 Å². The van der Waals surface area contributed by atoms with Gasteiger partial charge in [-0.15, -0.1) is 0 Å². The van der Waals surface area contributed by atoms with Crippen LogP contribution in [0, 0.1) is 17.4 Å². The molecule has 0 amide bonds. The molecule has 0 spiro atoms. The Kier molecular flexibility index (Phi) is 4.54. The van der Waals surface area contributed by atoms with Crippen LogP contribution in [0.3, 0.4) is 0 Å². The topological polar surface area (TPSA) is 17.1 Å². The number of benzene rings is 2. The van der Waals surface area contributed by atoms with Gasteiger partial charge in [0.2, 0.25) is 0 Å². The zero-order chi connectivity index (χ0) is 14.2. The van der Waals surface area contributed by atoms with Gasteiger partial charge in [0.05, 0.1) is 10.0 Å². The van der Waals surface area contributed by atoms with E-state index in [1.54, 1.807) is 12.1 Å². The van der Waals surface area contributed by atoms with Crippen LogP contribution in [-0.4, -0.2) is 5.78 Å². The van der Waals surface area contributed by atoms with E-state index in [-0.39, 0.29) is 5.78 Å². The fraction of sp³-hybridized carbons (Fsp3) is 0.133. The van der Waals surface area contributed by atoms with Gasteiger partial charge >= 0.3 is 0 Å². The maximum absolute atomic E-state index is 12.4. The summed E-state index contributed by atoms with van der Waals surface area (Å²) in [6.07, 6.45) is 0. The third-order valence-corrected chi connectivity index (χ3v) is 4.89. The molecule has 0 atom stereocenters. The van der Waals surface area contributed by atoms with Crippen LogP contribution in [0.25, 0.3) is 0 Å². The van der Waals surface area contributed by atoms with Gasteiger partial charge in [-0.1, -0.05) is 23.2 Å². The molecule has 2 aromatic rings. The maximum Gasteiger partial charge on any atom is 0.194 e. The van der Waals surface area contributed by atoms with Crippen molar-refractivity contribution in [3.8, 4) is 0 Å².